The van der Waals surface area contributed by atoms with Crippen LogP contribution in [0.3, 0.4) is 0 Å². The van der Waals surface area contributed by atoms with Crippen molar-refractivity contribution in [3.8, 4) is 0 Å². The van der Waals surface area contributed by atoms with E-state index in [4.69, 9.17) is 9.47 Å². The third-order valence-electron chi connectivity index (χ3n) is 10.2. The van der Waals surface area contributed by atoms with Gasteiger partial charge in [0.05, 0.1) is 17.4 Å². The monoisotopic (exact) mass is 461 g/mol. The van der Waals surface area contributed by atoms with Crippen LogP contribution in [-0.2, 0) is 19.1 Å². The van der Waals surface area contributed by atoms with Gasteiger partial charge in [0.25, 0.3) is 0 Å². The fourth-order valence-electron chi connectivity index (χ4n) is 8.78. The van der Waals surface area contributed by atoms with Gasteiger partial charge >= 0.3 is 11.9 Å². The highest BCUT2D eigenvalue weighted by Crippen LogP contribution is 2.70. The van der Waals surface area contributed by atoms with Crippen LogP contribution in [0.5, 0.6) is 0 Å². The zero-order valence-corrected chi connectivity index (χ0v) is 19.5. The van der Waals surface area contributed by atoms with E-state index in [1.165, 1.54) is 13.1 Å². The molecule has 33 heavy (non-hydrogen) atoms. The molecule has 4 saturated carbocycles. The van der Waals surface area contributed by atoms with Crippen molar-refractivity contribution in [3.63, 3.8) is 0 Å². The van der Waals surface area contributed by atoms with Gasteiger partial charge in [-0.05, 0) is 74.7 Å². The molecule has 5 aliphatic rings. The quantitative estimate of drug-likeness (QED) is 0.255. The Kier molecular flexibility index (Phi) is 5.22. The summed E-state index contributed by atoms with van der Waals surface area (Å²) in [5, 5.41) is 37.2. The van der Waals surface area contributed by atoms with Crippen molar-refractivity contribution in [2.75, 3.05) is 6.61 Å². The molecule has 0 bridgehead atoms. The number of esters is 2. The number of ether oxygens (including phenoxy) is 2. The largest absolute Gasteiger partial charge is 0.462 e. The predicted molar refractivity (Wildman–Crippen MR) is 117 cm³/mol. The lowest BCUT2D eigenvalue weighted by molar-refractivity contribution is -0.239. The Balaban J connectivity index is 1.48. The highest BCUT2D eigenvalue weighted by atomic mass is 16.5. The smallest absolute Gasteiger partial charge is 0.331 e. The van der Waals surface area contributed by atoms with E-state index < -0.39 is 16.6 Å². The van der Waals surface area contributed by atoms with Gasteiger partial charge in [0.2, 0.25) is 0 Å². The third kappa shape index (κ3) is 3.05. The Morgan fingerprint density at radius 2 is 1.91 bits per heavy atom. The molecule has 0 aromatic rings. The molecule has 1 heterocycles. The summed E-state index contributed by atoms with van der Waals surface area (Å²) in [7, 11) is 0. The lowest BCUT2D eigenvalue weighted by Gasteiger charge is -2.65. The van der Waals surface area contributed by atoms with Gasteiger partial charge in [-0.25, -0.2) is 4.79 Å². The number of carbonyl (C=O) groups is 2. The van der Waals surface area contributed by atoms with E-state index in [9.17, 15) is 25.0 Å². The molecule has 182 valence electrons. The fourth-order valence-corrected chi connectivity index (χ4v) is 8.78. The summed E-state index contributed by atoms with van der Waals surface area (Å²) in [6, 6.07) is 0. The van der Waals surface area contributed by atoms with E-state index in [-0.39, 0.29) is 41.2 Å². The number of fused-ring (bicyclic) bond motifs is 5. The maximum atomic E-state index is 12.3. The van der Waals surface area contributed by atoms with E-state index in [0.29, 0.717) is 45.1 Å². The summed E-state index contributed by atoms with van der Waals surface area (Å²) in [5.74, 6) is -0.661. The van der Waals surface area contributed by atoms with Gasteiger partial charge in [0.1, 0.15) is 12.7 Å². The van der Waals surface area contributed by atoms with Gasteiger partial charge in [-0.1, -0.05) is 6.92 Å². The average molecular weight is 462 g/mol. The van der Waals surface area contributed by atoms with E-state index in [1.54, 1.807) is 6.08 Å². The Morgan fingerprint density at radius 3 is 2.58 bits per heavy atom. The summed E-state index contributed by atoms with van der Waals surface area (Å²) >= 11 is 0. The molecular weight excluding hydrogens is 426 g/mol. The van der Waals surface area contributed by atoms with Gasteiger partial charge in [0, 0.05) is 30.3 Å². The summed E-state index contributed by atoms with van der Waals surface area (Å²) in [4.78, 5) is 23.3. The van der Waals surface area contributed by atoms with Gasteiger partial charge in [-0.3, -0.25) is 4.79 Å². The minimum atomic E-state index is -1.16. The second kappa shape index (κ2) is 7.54. The number of nitrogens with zero attached hydrogens (tertiary/aromatic N) is 1. The highest BCUT2D eigenvalue weighted by Gasteiger charge is 2.71. The molecule has 1 aliphatic heterocycles. The van der Waals surface area contributed by atoms with Crippen molar-refractivity contribution in [2.24, 2.45) is 33.7 Å². The van der Waals surface area contributed by atoms with Crippen LogP contribution in [0, 0.1) is 28.6 Å². The summed E-state index contributed by atoms with van der Waals surface area (Å²) in [6.45, 7) is 3.84. The van der Waals surface area contributed by atoms with Gasteiger partial charge < -0.3 is 24.9 Å². The van der Waals surface area contributed by atoms with Gasteiger partial charge in [-0.2, -0.15) is 0 Å². The summed E-state index contributed by atoms with van der Waals surface area (Å²) in [5.41, 5.74) is -2.26. The zero-order valence-electron chi connectivity index (χ0n) is 19.5. The van der Waals surface area contributed by atoms with Crippen molar-refractivity contribution in [1.29, 1.82) is 0 Å². The van der Waals surface area contributed by atoms with Crippen LogP contribution >= 0.6 is 0 Å². The van der Waals surface area contributed by atoms with Crippen molar-refractivity contribution in [1.82, 2.24) is 0 Å². The average Bonchev–Trinajstić information content (AvgIpc) is 3.28. The summed E-state index contributed by atoms with van der Waals surface area (Å²) < 4.78 is 10.6. The highest BCUT2D eigenvalue weighted by molar-refractivity contribution is 5.85. The second-order valence-corrected chi connectivity index (χ2v) is 11.3. The lowest BCUT2D eigenvalue weighted by atomic mass is 9.41. The molecule has 0 spiro atoms. The first-order chi connectivity index (χ1) is 15.6. The molecule has 4 aliphatic carbocycles. The molecule has 0 saturated heterocycles. The number of hydrogen-bond donors (Lipinski definition) is 3. The molecule has 0 radical (unpaired) electrons. The van der Waals surface area contributed by atoms with Crippen molar-refractivity contribution in [3.05, 3.63) is 11.6 Å². The molecule has 4 fully saturated rings. The van der Waals surface area contributed by atoms with Crippen LogP contribution < -0.4 is 0 Å². The minimum Gasteiger partial charge on any atom is -0.462 e. The van der Waals surface area contributed by atoms with Crippen molar-refractivity contribution >= 4 is 18.2 Å². The van der Waals surface area contributed by atoms with Crippen LogP contribution in [0.15, 0.2) is 16.8 Å². The molecule has 0 unspecified atom stereocenters. The van der Waals surface area contributed by atoms with Gasteiger partial charge in [-0.15, -0.1) is 5.16 Å². The number of cyclic esters (lactones) is 1. The molecule has 0 aromatic heterocycles. The number of aliphatic hydroxyl groups is 2. The zero-order chi connectivity index (χ0) is 23.6. The SMILES string of the molecule is CC(=O)O[C@@H]1CC[C@]2(/C=N\O)[C@H]3CC[C@]4(C)[C@H](C5=CC(=O)OC5)CC[C@]4(O)[C@@H]3CC[C@]2(O)C1. The lowest BCUT2D eigenvalue weighted by Crippen LogP contribution is -2.69. The first kappa shape index (κ1) is 22.8. The number of hydrogen-bond acceptors (Lipinski definition) is 8. The summed E-state index contributed by atoms with van der Waals surface area (Å²) in [6.07, 6.45) is 8.28. The van der Waals surface area contributed by atoms with Gasteiger partial charge in [0.15, 0.2) is 0 Å². The van der Waals surface area contributed by atoms with E-state index in [1.807, 2.05) is 0 Å². The van der Waals surface area contributed by atoms with E-state index >= 15 is 0 Å². The van der Waals surface area contributed by atoms with Crippen molar-refractivity contribution in [2.45, 2.75) is 88.9 Å². The third-order valence-corrected chi connectivity index (χ3v) is 10.2. The first-order valence-electron chi connectivity index (χ1n) is 12.3. The molecule has 3 N–H and O–H groups in total. The molecule has 5 rings (SSSR count). The standard InChI is InChI=1S/C25H35NO7/c1-15(27)33-17-3-8-23(14-26-31)19-4-7-22(2)18(16-11-21(28)32-13-16)6-10-25(22,30)20(19)5-9-24(23,29)12-17/h11,14,17-20,29-31H,3-10,12-13H2,1-2H3/b26-14-/t17-,18+,19+,20-,22-,23+,24+,25+/m1/s1. The maximum Gasteiger partial charge on any atom is 0.331 e. The van der Waals surface area contributed by atoms with Crippen LogP contribution in [-0.4, -0.2) is 57.5 Å². The Morgan fingerprint density at radius 1 is 1.15 bits per heavy atom. The number of oxime groups is 1. The molecule has 8 nitrogen and oxygen atoms in total. The topological polar surface area (TPSA) is 126 Å². The Bertz CT molecular complexity index is 916. The van der Waals surface area contributed by atoms with Crippen LogP contribution in [0.2, 0.25) is 0 Å². The maximum absolute atomic E-state index is 12.3. The molecule has 0 amide bonds. The molecular formula is C25H35NO7. The number of rotatable bonds is 3. The first-order valence-corrected chi connectivity index (χ1v) is 12.3. The van der Waals surface area contributed by atoms with Crippen molar-refractivity contribution < 1.29 is 34.5 Å². The predicted octanol–water partition coefficient (Wildman–Crippen LogP) is 2.73. The van der Waals surface area contributed by atoms with E-state index in [2.05, 4.69) is 12.1 Å². The Labute approximate surface area is 194 Å². The van der Waals surface area contributed by atoms with Crippen LogP contribution in [0.25, 0.3) is 0 Å². The Hall–Kier alpha value is -1.93. The van der Waals surface area contributed by atoms with Crippen LogP contribution in [0.4, 0.5) is 0 Å². The number of carbonyl (C=O) groups excluding carboxylic acids is 2. The minimum absolute atomic E-state index is 0.0438. The molecule has 8 atom stereocenters. The van der Waals surface area contributed by atoms with E-state index in [0.717, 1.165) is 24.8 Å². The fraction of sp³-hybridized carbons (Fsp3) is 0.800. The van der Waals surface area contributed by atoms with Crippen LogP contribution in [0.1, 0.15) is 71.6 Å². The molecule has 0 aromatic carbocycles. The molecule has 8 heteroatoms. The second-order valence-electron chi connectivity index (χ2n) is 11.3. The normalized spacial score (nSPS) is 49.1.